The fourth-order valence-electron chi connectivity index (χ4n) is 4.96. The molecule has 3 atom stereocenters. The molecule has 2 fully saturated rings. The summed E-state index contributed by atoms with van der Waals surface area (Å²) in [5.74, 6) is 1.08. The van der Waals surface area contributed by atoms with E-state index in [0.29, 0.717) is 11.6 Å². The Morgan fingerprint density at radius 2 is 1.37 bits per heavy atom. The molecule has 3 unspecified atom stereocenters. The highest BCUT2D eigenvalue weighted by atomic mass is 16.3. The van der Waals surface area contributed by atoms with E-state index in [0.717, 1.165) is 76.2 Å². The third-order valence-electron chi connectivity index (χ3n) is 7.43. The standard InChI is InChI=1S/C26H44O4/c1-25(2,17-27)15-5-7-19-9-11-21(23(19)29)13-14-22-12-10-20(24(22)30)8-6-16-26(3,4)18-28/h13,19-20,22,27-28H,5-12,14-18H2,1-4H3. The molecule has 0 aliphatic heterocycles. The van der Waals surface area contributed by atoms with Crippen LogP contribution >= 0.6 is 0 Å². The highest BCUT2D eigenvalue weighted by Gasteiger charge is 2.34. The Bertz CT molecular complexity index is 617. The van der Waals surface area contributed by atoms with Gasteiger partial charge < -0.3 is 10.2 Å². The molecule has 2 aliphatic rings. The van der Waals surface area contributed by atoms with Crippen LogP contribution in [0.15, 0.2) is 11.6 Å². The van der Waals surface area contributed by atoms with Crippen molar-refractivity contribution in [3.8, 4) is 0 Å². The van der Waals surface area contributed by atoms with Crippen LogP contribution in [0.3, 0.4) is 0 Å². The second-order valence-corrected chi connectivity index (χ2v) is 11.4. The Hall–Kier alpha value is -1.00. The van der Waals surface area contributed by atoms with E-state index in [4.69, 9.17) is 0 Å². The zero-order valence-electron chi connectivity index (χ0n) is 19.7. The Morgan fingerprint density at radius 1 is 0.833 bits per heavy atom. The smallest absolute Gasteiger partial charge is 0.161 e. The van der Waals surface area contributed by atoms with Gasteiger partial charge in [0.1, 0.15) is 5.78 Å². The number of carbonyl (C=O) groups excluding carboxylic acids is 2. The van der Waals surface area contributed by atoms with Crippen molar-refractivity contribution >= 4 is 11.6 Å². The van der Waals surface area contributed by atoms with E-state index in [-0.39, 0.29) is 41.8 Å². The van der Waals surface area contributed by atoms with E-state index >= 15 is 0 Å². The van der Waals surface area contributed by atoms with Gasteiger partial charge in [-0.15, -0.1) is 0 Å². The van der Waals surface area contributed by atoms with E-state index in [1.165, 1.54) is 0 Å². The van der Waals surface area contributed by atoms with Crippen molar-refractivity contribution in [3.05, 3.63) is 11.6 Å². The van der Waals surface area contributed by atoms with E-state index in [9.17, 15) is 19.8 Å². The maximum absolute atomic E-state index is 12.8. The van der Waals surface area contributed by atoms with Crippen molar-refractivity contribution in [2.75, 3.05) is 13.2 Å². The highest BCUT2D eigenvalue weighted by molar-refractivity contribution is 5.99. The Morgan fingerprint density at radius 3 is 1.93 bits per heavy atom. The summed E-state index contributed by atoms with van der Waals surface area (Å²) >= 11 is 0. The average Bonchev–Trinajstić information content (AvgIpc) is 3.23. The highest BCUT2D eigenvalue weighted by Crippen LogP contribution is 2.37. The number of hydrogen-bond acceptors (Lipinski definition) is 4. The predicted octanol–water partition coefficient (Wildman–Crippen LogP) is 5.25. The summed E-state index contributed by atoms with van der Waals surface area (Å²) in [6, 6.07) is 0. The van der Waals surface area contributed by atoms with Gasteiger partial charge in [0.15, 0.2) is 5.78 Å². The first-order valence-corrected chi connectivity index (χ1v) is 12.1. The van der Waals surface area contributed by atoms with Gasteiger partial charge in [0, 0.05) is 31.0 Å². The normalized spacial score (nSPS) is 26.9. The van der Waals surface area contributed by atoms with Crippen molar-refractivity contribution in [1.82, 2.24) is 0 Å². The minimum Gasteiger partial charge on any atom is -0.396 e. The van der Waals surface area contributed by atoms with Gasteiger partial charge in [-0.1, -0.05) is 46.6 Å². The molecule has 0 spiro atoms. The van der Waals surface area contributed by atoms with Crippen LogP contribution in [0.4, 0.5) is 0 Å². The molecule has 4 heteroatoms. The van der Waals surface area contributed by atoms with Gasteiger partial charge >= 0.3 is 0 Å². The number of hydrogen-bond donors (Lipinski definition) is 2. The maximum atomic E-state index is 12.8. The molecule has 0 aromatic rings. The monoisotopic (exact) mass is 420 g/mol. The Kier molecular flexibility index (Phi) is 9.30. The summed E-state index contributed by atoms with van der Waals surface area (Å²) < 4.78 is 0. The van der Waals surface area contributed by atoms with E-state index < -0.39 is 0 Å². The average molecular weight is 421 g/mol. The summed E-state index contributed by atoms with van der Waals surface area (Å²) in [6.07, 6.45) is 12.2. The number of allylic oxidation sites excluding steroid dienone is 2. The van der Waals surface area contributed by atoms with Crippen LogP contribution in [0.5, 0.6) is 0 Å². The number of carbonyl (C=O) groups is 2. The quantitative estimate of drug-likeness (QED) is 0.423. The Labute approximate surface area is 183 Å². The van der Waals surface area contributed by atoms with Crippen LogP contribution < -0.4 is 0 Å². The van der Waals surface area contributed by atoms with Crippen LogP contribution in [0, 0.1) is 28.6 Å². The van der Waals surface area contributed by atoms with E-state index in [1.54, 1.807) is 0 Å². The van der Waals surface area contributed by atoms with Gasteiger partial charge in [-0.3, -0.25) is 9.59 Å². The molecule has 0 heterocycles. The molecule has 0 amide bonds. The second kappa shape index (κ2) is 11.0. The van der Waals surface area contributed by atoms with Gasteiger partial charge in [-0.2, -0.15) is 0 Å². The van der Waals surface area contributed by atoms with Crippen molar-refractivity contribution in [1.29, 1.82) is 0 Å². The molecular formula is C26H44O4. The minimum absolute atomic E-state index is 0.0569. The van der Waals surface area contributed by atoms with Crippen LogP contribution in [0.2, 0.25) is 0 Å². The molecule has 2 saturated carbocycles. The van der Waals surface area contributed by atoms with Crippen LogP contribution in [0.25, 0.3) is 0 Å². The first-order valence-electron chi connectivity index (χ1n) is 12.1. The SMILES string of the molecule is CC(C)(CO)CCCC1CCC(=CCC2CCC(CCCC(C)(C)CO)C2=O)C1=O. The molecule has 0 aromatic carbocycles. The molecular weight excluding hydrogens is 376 g/mol. The van der Waals surface area contributed by atoms with Gasteiger partial charge in [-0.25, -0.2) is 0 Å². The first kappa shape index (κ1) is 25.3. The zero-order chi connectivity index (χ0) is 22.4. The molecule has 2 aliphatic carbocycles. The van der Waals surface area contributed by atoms with Gasteiger partial charge in [0.2, 0.25) is 0 Å². The number of rotatable bonds is 12. The van der Waals surface area contributed by atoms with Crippen LogP contribution in [-0.2, 0) is 9.59 Å². The topological polar surface area (TPSA) is 74.6 Å². The molecule has 2 rings (SSSR count). The fourth-order valence-corrected chi connectivity index (χ4v) is 4.96. The number of aliphatic hydroxyl groups excluding tert-OH is 2. The first-order chi connectivity index (χ1) is 14.1. The fraction of sp³-hybridized carbons (Fsp3) is 0.846. The lowest BCUT2D eigenvalue weighted by molar-refractivity contribution is -0.124. The maximum Gasteiger partial charge on any atom is 0.161 e. The lowest BCUT2D eigenvalue weighted by Gasteiger charge is -2.22. The lowest BCUT2D eigenvalue weighted by Crippen LogP contribution is -2.18. The summed E-state index contributed by atoms with van der Waals surface area (Å²) in [5, 5.41) is 18.8. The van der Waals surface area contributed by atoms with Gasteiger partial charge in [0.25, 0.3) is 0 Å². The van der Waals surface area contributed by atoms with E-state index in [1.807, 2.05) is 0 Å². The summed E-state index contributed by atoms with van der Waals surface area (Å²) in [7, 11) is 0. The lowest BCUT2D eigenvalue weighted by atomic mass is 9.86. The number of ketones is 2. The molecule has 0 saturated heterocycles. The summed E-state index contributed by atoms with van der Waals surface area (Å²) in [4.78, 5) is 25.5. The third kappa shape index (κ3) is 7.30. The molecule has 2 N–H and O–H groups in total. The molecule has 4 nitrogen and oxygen atoms in total. The Balaban J connectivity index is 1.75. The minimum atomic E-state index is -0.0620. The van der Waals surface area contributed by atoms with Crippen molar-refractivity contribution in [3.63, 3.8) is 0 Å². The number of aliphatic hydroxyl groups is 2. The summed E-state index contributed by atoms with van der Waals surface area (Å²) in [6.45, 7) is 8.64. The van der Waals surface area contributed by atoms with Gasteiger partial charge in [0.05, 0.1) is 0 Å². The zero-order valence-corrected chi connectivity index (χ0v) is 19.7. The van der Waals surface area contributed by atoms with Crippen LogP contribution in [0.1, 0.15) is 98.3 Å². The molecule has 0 aromatic heterocycles. The second-order valence-electron chi connectivity index (χ2n) is 11.4. The van der Waals surface area contributed by atoms with Crippen molar-refractivity contribution in [2.45, 2.75) is 98.3 Å². The third-order valence-corrected chi connectivity index (χ3v) is 7.43. The van der Waals surface area contributed by atoms with Crippen molar-refractivity contribution < 1.29 is 19.8 Å². The van der Waals surface area contributed by atoms with Crippen molar-refractivity contribution in [2.24, 2.45) is 28.6 Å². The molecule has 30 heavy (non-hydrogen) atoms. The molecule has 172 valence electrons. The largest absolute Gasteiger partial charge is 0.396 e. The van der Waals surface area contributed by atoms with Crippen LogP contribution in [-0.4, -0.2) is 35.0 Å². The molecule has 0 radical (unpaired) electrons. The number of Topliss-reactive ketones (excluding diaryl/α,β-unsaturated/α-hetero) is 2. The van der Waals surface area contributed by atoms with Gasteiger partial charge in [-0.05, 0) is 74.2 Å². The summed E-state index contributed by atoms with van der Waals surface area (Å²) in [5.41, 5.74) is 0.828. The predicted molar refractivity (Wildman–Crippen MR) is 121 cm³/mol. The molecule has 0 bridgehead atoms. The van der Waals surface area contributed by atoms with E-state index in [2.05, 4.69) is 33.8 Å².